The molecule has 0 radical (unpaired) electrons. The zero-order valence-corrected chi connectivity index (χ0v) is 62.3. The number of rotatable bonds is 11. The first-order valence-electron chi connectivity index (χ1n) is 39.0. The number of aromatic nitrogens is 3. The maximum Gasteiger partial charge on any atom is 0.252 e. The number of benzene rings is 17. The second kappa shape index (κ2) is 25.7. The van der Waals surface area contributed by atoms with Gasteiger partial charge in [-0.25, -0.2) is 0 Å². The molecule has 0 unspecified atom stereocenters. The van der Waals surface area contributed by atoms with Crippen LogP contribution in [-0.4, -0.2) is 20.4 Å². The molecule has 2 aliphatic heterocycles. The molecule has 5 heterocycles. The van der Waals surface area contributed by atoms with Crippen LogP contribution in [0.2, 0.25) is 0 Å². The predicted molar refractivity (Wildman–Crippen MR) is 475 cm³/mol. The number of anilines is 6. The molecular weight excluding hydrogens is 1350 g/mol. The summed E-state index contributed by atoms with van der Waals surface area (Å²) in [7, 11) is 0. The van der Waals surface area contributed by atoms with Crippen molar-refractivity contribution in [3.63, 3.8) is 0 Å². The molecule has 5 nitrogen and oxygen atoms in total. The second-order valence-electron chi connectivity index (χ2n) is 31.1. The molecule has 0 atom stereocenters. The lowest BCUT2D eigenvalue weighted by molar-refractivity contribution is 0.590. The van der Waals surface area contributed by atoms with Crippen molar-refractivity contribution in [2.45, 2.75) is 26.2 Å². The Labute approximate surface area is 651 Å². The lowest BCUT2D eigenvalue weighted by atomic mass is 9.33. The zero-order chi connectivity index (χ0) is 74.3. The number of para-hydroxylation sites is 5. The normalized spacial score (nSPS) is 12.5. The van der Waals surface area contributed by atoms with Gasteiger partial charge in [-0.15, -0.1) is 0 Å². The summed E-state index contributed by atoms with van der Waals surface area (Å²) in [5.41, 5.74) is 35.0. The van der Waals surface area contributed by atoms with Gasteiger partial charge in [-0.2, -0.15) is 0 Å². The monoisotopic (exact) mass is 1430 g/mol. The number of hydrogen-bond donors (Lipinski definition) is 0. The summed E-state index contributed by atoms with van der Waals surface area (Å²) in [6.45, 7) is 6.91. The van der Waals surface area contributed by atoms with Crippen LogP contribution in [0, 0.1) is 0 Å². The summed E-state index contributed by atoms with van der Waals surface area (Å²) >= 11 is 0. The van der Waals surface area contributed by atoms with Gasteiger partial charge in [0.15, 0.2) is 0 Å². The highest BCUT2D eigenvalue weighted by Crippen LogP contribution is 2.56. The second-order valence-corrected chi connectivity index (χ2v) is 31.1. The average Bonchev–Trinajstić information content (AvgIpc) is 1.27. The third-order valence-corrected chi connectivity index (χ3v) is 23.7. The molecule has 0 amide bonds. The van der Waals surface area contributed by atoms with E-state index in [1.165, 1.54) is 65.3 Å². The van der Waals surface area contributed by atoms with E-state index in [4.69, 9.17) is 0 Å². The van der Waals surface area contributed by atoms with E-state index in [9.17, 15) is 0 Å². The summed E-state index contributed by atoms with van der Waals surface area (Å²) < 4.78 is 7.51. The Kier molecular flexibility index (Phi) is 14.9. The van der Waals surface area contributed by atoms with E-state index >= 15 is 0 Å². The Morgan fingerprint density at radius 1 is 0.214 bits per heavy atom. The fraction of sp³-hybridized carbons (Fsp3) is 0.0377. The number of nitrogens with zero attached hydrogens (tertiary/aromatic N) is 5. The molecular formula is C106H74BN5. The van der Waals surface area contributed by atoms with Crippen molar-refractivity contribution in [1.29, 1.82) is 0 Å². The van der Waals surface area contributed by atoms with Crippen LogP contribution in [0.4, 0.5) is 34.1 Å². The van der Waals surface area contributed by atoms with Gasteiger partial charge in [0.2, 0.25) is 0 Å². The highest BCUT2D eigenvalue weighted by Gasteiger charge is 2.47. The minimum absolute atomic E-state index is 0.285. The summed E-state index contributed by atoms with van der Waals surface area (Å²) in [6.07, 6.45) is 0. The van der Waals surface area contributed by atoms with Crippen molar-refractivity contribution in [2.75, 3.05) is 9.80 Å². The van der Waals surface area contributed by atoms with Gasteiger partial charge in [-0.3, -0.25) is 0 Å². The first-order valence-corrected chi connectivity index (χ1v) is 39.0. The molecule has 0 saturated heterocycles. The molecule has 20 aromatic rings. The first kappa shape index (κ1) is 64.9. The standard InChI is InChI=1S/C106H74BN5/c1-106(2,3)77-63-101-103-102(64-77)112(105-87(73-41-19-8-20-42-73)61-76(70-35-13-5-14-36-70)62-88(105)74-43-21-9-22-44-74)100-66-80(110-96-54-32-28-50-84(96)90-67-97-89(68-98(90)110)83-49-27-31-53-95(83)108(97)78-45-23-10-24-46-78)56-58-92(100)107(103)91-57-55-79(109-93-51-29-25-47-81(93)82-48-26-30-52-94(82)109)65-99(91)111(101)104-85(71-37-15-6-16-38-71)59-75(69-33-11-4-12-34-69)60-86(104)72-39-17-7-18-40-72/h4-68H,1-3H3. The van der Waals surface area contributed by atoms with Crippen molar-refractivity contribution in [3.05, 3.63) is 400 Å². The Balaban J connectivity index is 0.907. The van der Waals surface area contributed by atoms with Gasteiger partial charge in [-0.1, -0.05) is 306 Å². The molecule has 6 heteroatoms. The molecule has 17 aromatic carbocycles. The van der Waals surface area contributed by atoms with Gasteiger partial charge < -0.3 is 23.5 Å². The third-order valence-electron chi connectivity index (χ3n) is 23.7. The lowest BCUT2D eigenvalue weighted by Gasteiger charge is -2.46. The Bertz CT molecular complexity index is 6970. The maximum atomic E-state index is 2.73. The fourth-order valence-electron chi connectivity index (χ4n) is 18.6. The molecule has 0 aliphatic carbocycles. The van der Waals surface area contributed by atoms with E-state index < -0.39 is 0 Å². The van der Waals surface area contributed by atoms with E-state index in [1.54, 1.807) is 0 Å². The van der Waals surface area contributed by atoms with Gasteiger partial charge in [-0.05, 0) is 181 Å². The smallest absolute Gasteiger partial charge is 0.252 e. The van der Waals surface area contributed by atoms with Gasteiger partial charge >= 0.3 is 0 Å². The number of fused-ring (bicyclic) bond motifs is 13. The summed E-state index contributed by atoms with van der Waals surface area (Å²) in [5.74, 6) is 0. The zero-order valence-electron chi connectivity index (χ0n) is 62.3. The van der Waals surface area contributed by atoms with Crippen LogP contribution in [-0.2, 0) is 5.41 Å². The van der Waals surface area contributed by atoms with Crippen LogP contribution >= 0.6 is 0 Å². The minimum Gasteiger partial charge on any atom is -0.310 e. The SMILES string of the molecule is CC(C)(C)c1cc2c3c(c1)N(c1c(-c4ccccc4)cc(-c4ccccc4)cc1-c1ccccc1)c1cc(-n4c5ccccc5c5cc6c(cc54)c4ccccc4n6-c4ccccc4)ccc1B3c1ccc(-n3c4ccccc4c4ccccc43)cc1N2c1c(-c2ccccc2)cc(-c2ccccc2)cc1-c1ccccc1. The van der Waals surface area contributed by atoms with Crippen molar-refractivity contribution >= 4 is 123 Å². The molecule has 2 aliphatic rings. The van der Waals surface area contributed by atoms with Crippen LogP contribution < -0.4 is 26.2 Å². The van der Waals surface area contributed by atoms with Crippen LogP contribution in [0.15, 0.2) is 394 Å². The van der Waals surface area contributed by atoms with Crippen molar-refractivity contribution in [2.24, 2.45) is 0 Å². The van der Waals surface area contributed by atoms with Crippen LogP contribution in [0.5, 0.6) is 0 Å². The average molecular weight is 1430 g/mol. The Morgan fingerprint density at radius 2 is 0.500 bits per heavy atom. The van der Waals surface area contributed by atoms with Crippen LogP contribution in [0.1, 0.15) is 26.3 Å². The highest BCUT2D eigenvalue weighted by atomic mass is 15.2. The van der Waals surface area contributed by atoms with E-state index in [2.05, 4.69) is 439 Å². The first-order chi connectivity index (χ1) is 55.2. The quantitative estimate of drug-likeness (QED) is 0.120. The molecule has 112 heavy (non-hydrogen) atoms. The van der Waals surface area contributed by atoms with Gasteiger partial charge in [0.05, 0.1) is 44.5 Å². The van der Waals surface area contributed by atoms with Crippen LogP contribution in [0.25, 0.3) is 149 Å². The van der Waals surface area contributed by atoms with E-state index in [1.807, 2.05) is 0 Å². The van der Waals surface area contributed by atoms with Crippen molar-refractivity contribution in [3.8, 4) is 83.8 Å². The van der Waals surface area contributed by atoms with E-state index in [0.29, 0.717) is 0 Å². The van der Waals surface area contributed by atoms with Gasteiger partial charge in [0.1, 0.15) is 0 Å². The summed E-state index contributed by atoms with van der Waals surface area (Å²) in [4.78, 5) is 5.45. The minimum atomic E-state index is -0.368. The third kappa shape index (κ3) is 10.3. The van der Waals surface area contributed by atoms with E-state index in [0.717, 1.165) is 140 Å². The largest absolute Gasteiger partial charge is 0.310 e. The molecule has 3 aromatic heterocycles. The molecule has 0 saturated carbocycles. The van der Waals surface area contributed by atoms with Gasteiger partial charge in [0.25, 0.3) is 6.71 Å². The Morgan fingerprint density at radius 3 is 0.839 bits per heavy atom. The fourth-order valence-corrected chi connectivity index (χ4v) is 18.6. The lowest BCUT2D eigenvalue weighted by Crippen LogP contribution is -2.61. The maximum absolute atomic E-state index is 2.73. The van der Waals surface area contributed by atoms with Crippen molar-refractivity contribution < 1.29 is 0 Å². The Hall–Kier alpha value is -14.2. The van der Waals surface area contributed by atoms with E-state index in [-0.39, 0.29) is 12.1 Å². The molecule has 0 fully saturated rings. The van der Waals surface area contributed by atoms with Crippen molar-refractivity contribution in [1.82, 2.24) is 13.7 Å². The molecule has 22 rings (SSSR count). The topological polar surface area (TPSA) is 21.3 Å². The molecule has 0 bridgehead atoms. The molecule has 526 valence electrons. The molecule has 0 spiro atoms. The highest BCUT2D eigenvalue weighted by molar-refractivity contribution is 7.00. The molecule has 0 N–H and O–H groups in total. The van der Waals surface area contributed by atoms with Crippen LogP contribution in [0.3, 0.4) is 0 Å². The van der Waals surface area contributed by atoms with Gasteiger partial charge in [0, 0.05) is 94.4 Å². The number of hydrogen-bond acceptors (Lipinski definition) is 2. The predicted octanol–water partition coefficient (Wildman–Crippen LogP) is 26.4. The summed E-state index contributed by atoms with van der Waals surface area (Å²) in [6, 6.07) is 148. The summed E-state index contributed by atoms with van der Waals surface area (Å²) in [5, 5.41) is 7.24.